The van der Waals surface area contributed by atoms with Gasteiger partial charge in [-0.1, -0.05) is 26.2 Å². The maximum Gasteiger partial charge on any atom is 0.124 e. The summed E-state index contributed by atoms with van der Waals surface area (Å²) in [6, 6.07) is 6.05. The van der Waals surface area contributed by atoms with Crippen molar-refractivity contribution in [2.45, 2.75) is 45.0 Å². The van der Waals surface area contributed by atoms with Crippen LogP contribution in [0.25, 0.3) is 11.0 Å². The summed E-state index contributed by atoms with van der Waals surface area (Å²) < 4.78 is 7.66. The average molecular weight is 307 g/mol. The Balaban J connectivity index is 1.98. The second-order valence-electron chi connectivity index (χ2n) is 6.15. The molecule has 21 heavy (non-hydrogen) atoms. The molecule has 1 saturated carbocycles. The number of benzene rings is 1. The number of imidazole rings is 1. The van der Waals surface area contributed by atoms with Crippen LogP contribution in [0.15, 0.2) is 18.2 Å². The van der Waals surface area contributed by atoms with Gasteiger partial charge in [-0.2, -0.15) is 0 Å². The molecule has 2 atom stereocenters. The molecule has 1 heterocycles. The van der Waals surface area contributed by atoms with Crippen LogP contribution in [-0.2, 0) is 12.4 Å². The Morgan fingerprint density at radius 3 is 2.86 bits per heavy atom. The highest BCUT2D eigenvalue weighted by molar-refractivity contribution is 6.16. The first-order valence-electron chi connectivity index (χ1n) is 7.82. The molecular weight excluding hydrogens is 284 g/mol. The molecule has 0 spiro atoms. The van der Waals surface area contributed by atoms with Crippen LogP contribution in [0, 0.1) is 11.8 Å². The fraction of sp³-hybridized carbons (Fsp3) is 0.588. The van der Waals surface area contributed by atoms with Crippen molar-refractivity contribution in [3.63, 3.8) is 0 Å². The van der Waals surface area contributed by atoms with Crippen LogP contribution in [0.3, 0.4) is 0 Å². The largest absolute Gasteiger partial charge is 0.497 e. The van der Waals surface area contributed by atoms with E-state index in [1.807, 2.05) is 12.1 Å². The highest BCUT2D eigenvalue weighted by Gasteiger charge is 2.23. The molecule has 1 fully saturated rings. The lowest BCUT2D eigenvalue weighted by molar-refractivity contribution is 0.229. The molecule has 0 saturated heterocycles. The van der Waals surface area contributed by atoms with Crippen LogP contribution in [0.1, 0.15) is 38.4 Å². The van der Waals surface area contributed by atoms with Crippen molar-refractivity contribution >= 4 is 22.6 Å². The van der Waals surface area contributed by atoms with Gasteiger partial charge in [-0.25, -0.2) is 4.98 Å². The molecule has 0 radical (unpaired) electrons. The van der Waals surface area contributed by atoms with Gasteiger partial charge < -0.3 is 9.30 Å². The quantitative estimate of drug-likeness (QED) is 0.771. The van der Waals surface area contributed by atoms with Crippen LogP contribution in [0.5, 0.6) is 5.75 Å². The van der Waals surface area contributed by atoms with Crippen LogP contribution in [0.2, 0.25) is 0 Å². The minimum absolute atomic E-state index is 0.456. The summed E-state index contributed by atoms with van der Waals surface area (Å²) in [6.07, 6.45) is 5.38. The summed E-state index contributed by atoms with van der Waals surface area (Å²) in [6.45, 7) is 3.40. The third-order valence-electron chi connectivity index (χ3n) is 4.86. The van der Waals surface area contributed by atoms with E-state index in [0.29, 0.717) is 5.88 Å². The van der Waals surface area contributed by atoms with Gasteiger partial charge in [-0.3, -0.25) is 0 Å². The summed E-state index contributed by atoms with van der Waals surface area (Å²) >= 11 is 6.12. The van der Waals surface area contributed by atoms with Gasteiger partial charge in [0.25, 0.3) is 0 Å². The van der Waals surface area contributed by atoms with Crippen LogP contribution < -0.4 is 4.74 Å². The average Bonchev–Trinajstić information content (AvgIpc) is 2.86. The Hall–Kier alpha value is -1.22. The van der Waals surface area contributed by atoms with E-state index >= 15 is 0 Å². The maximum absolute atomic E-state index is 6.12. The number of alkyl halides is 1. The lowest BCUT2D eigenvalue weighted by Gasteiger charge is -2.29. The number of hydrogen-bond donors (Lipinski definition) is 0. The maximum atomic E-state index is 6.12. The zero-order chi connectivity index (χ0) is 14.8. The molecule has 2 unspecified atom stereocenters. The predicted molar refractivity (Wildman–Crippen MR) is 87.0 cm³/mol. The van der Waals surface area contributed by atoms with Crippen molar-refractivity contribution in [2.24, 2.45) is 11.8 Å². The van der Waals surface area contributed by atoms with Crippen molar-refractivity contribution in [2.75, 3.05) is 7.11 Å². The fourth-order valence-electron chi connectivity index (χ4n) is 3.48. The van der Waals surface area contributed by atoms with E-state index in [2.05, 4.69) is 22.5 Å². The molecule has 114 valence electrons. The van der Waals surface area contributed by atoms with Gasteiger partial charge >= 0.3 is 0 Å². The van der Waals surface area contributed by atoms with E-state index < -0.39 is 0 Å². The summed E-state index contributed by atoms with van der Waals surface area (Å²) in [5.41, 5.74) is 2.15. The number of aromatic nitrogens is 2. The smallest absolute Gasteiger partial charge is 0.124 e. The van der Waals surface area contributed by atoms with Gasteiger partial charge in [0.2, 0.25) is 0 Å². The highest BCUT2D eigenvalue weighted by Crippen LogP contribution is 2.33. The Bertz CT molecular complexity index is 623. The zero-order valence-electron chi connectivity index (χ0n) is 12.8. The van der Waals surface area contributed by atoms with E-state index in [1.54, 1.807) is 7.11 Å². The molecule has 1 aromatic carbocycles. The number of ether oxygens (including phenoxy) is 1. The molecular formula is C17H23ClN2O. The minimum atomic E-state index is 0.456. The number of hydrogen-bond acceptors (Lipinski definition) is 2. The summed E-state index contributed by atoms with van der Waals surface area (Å²) in [4.78, 5) is 4.67. The Morgan fingerprint density at radius 1 is 1.33 bits per heavy atom. The van der Waals surface area contributed by atoms with Crippen LogP contribution in [-0.4, -0.2) is 16.7 Å². The minimum Gasteiger partial charge on any atom is -0.497 e. The Labute approximate surface area is 131 Å². The zero-order valence-corrected chi connectivity index (χ0v) is 13.6. The normalized spacial score (nSPS) is 22.6. The second-order valence-corrected chi connectivity index (χ2v) is 6.42. The Kier molecular flexibility index (Phi) is 4.39. The first kappa shape index (κ1) is 14.7. The van der Waals surface area contributed by atoms with Crippen molar-refractivity contribution in [1.82, 2.24) is 9.55 Å². The SMILES string of the molecule is COc1ccc2nc(CCl)n(CC3CCCCC3C)c2c1. The topological polar surface area (TPSA) is 27.1 Å². The van der Waals surface area contributed by atoms with Crippen LogP contribution in [0.4, 0.5) is 0 Å². The van der Waals surface area contributed by atoms with Gasteiger partial charge in [-0.15, -0.1) is 11.6 Å². The highest BCUT2D eigenvalue weighted by atomic mass is 35.5. The van der Waals surface area contributed by atoms with Crippen molar-refractivity contribution < 1.29 is 4.74 Å². The summed E-state index contributed by atoms with van der Waals surface area (Å²) in [5, 5.41) is 0. The number of fused-ring (bicyclic) bond motifs is 1. The van der Waals surface area contributed by atoms with Crippen molar-refractivity contribution in [3.05, 3.63) is 24.0 Å². The third kappa shape index (κ3) is 2.89. The molecule has 1 aliphatic carbocycles. The van der Waals surface area contributed by atoms with E-state index in [4.69, 9.17) is 16.3 Å². The molecule has 3 rings (SSSR count). The Morgan fingerprint density at radius 2 is 2.14 bits per heavy atom. The molecule has 0 amide bonds. The summed E-state index contributed by atoms with van der Waals surface area (Å²) in [5.74, 6) is 3.81. The van der Waals surface area contributed by atoms with Gasteiger partial charge in [0.1, 0.15) is 11.6 Å². The first-order chi connectivity index (χ1) is 10.2. The number of halogens is 1. The molecule has 2 aromatic rings. The number of methoxy groups -OCH3 is 1. The van der Waals surface area contributed by atoms with E-state index in [9.17, 15) is 0 Å². The van der Waals surface area contributed by atoms with Crippen LogP contribution >= 0.6 is 11.6 Å². The lowest BCUT2D eigenvalue weighted by atomic mass is 9.80. The molecule has 4 heteroatoms. The number of rotatable bonds is 4. The standard InChI is InChI=1S/C17H23ClN2O/c1-12-5-3-4-6-13(12)11-20-16-9-14(21-2)7-8-15(16)19-17(20)10-18/h7-9,12-13H,3-6,10-11H2,1-2H3. The van der Waals surface area contributed by atoms with E-state index in [1.165, 1.54) is 25.7 Å². The second kappa shape index (κ2) is 6.27. The van der Waals surface area contributed by atoms with Gasteiger partial charge in [0.05, 0.1) is 24.0 Å². The fourth-order valence-corrected chi connectivity index (χ4v) is 3.69. The first-order valence-corrected chi connectivity index (χ1v) is 8.35. The molecule has 1 aromatic heterocycles. The van der Waals surface area contributed by atoms with Gasteiger partial charge in [0, 0.05) is 12.6 Å². The summed E-state index contributed by atoms with van der Waals surface area (Å²) in [7, 11) is 1.70. The third-order valence-corrected chi connectivity index (χ3v) is 5.10. The molecule has 0 aliphatic heterocycles. The number of nitrogens with zero attached hydrogens (tertiary/aromatic N) is 2. The van der Waals surface area contributed by atoms with E-state index in [-0.39, 0.29) is 0 Å². The lowest BCUT2D eigenvalue weighted by Crippen LogP contribution is -2.22. The molecule has 0 N–H and O–H groups in total. The molecule has 1 aliphatic rings. The van der Waals surface area contributed by atoms with Crippen molar-refractivity contribution in [1.29, 1.82) is 0 Å². The predicted octanol–water partition coefficient (Wildman–Crippen LogP) is 4.61. The monoisotopic (exact) mass is 306 g/mol. The molecule has 0 bridgehead atoms. The van der Waals surface area contributed by atoms with Gasteiger partial charge in [0.15, 0.2) is 0 Å². The van der Waals surface area contributed by atoms with Gasteiger partial charge in [-0.05, 0) is 30.4 Å². The molecule has 3 nitrogen and oxygen atoms in total. The van der Waals surface area contributed by atoms with Crippen molar-refractivity contribution in [3.8, 4) is 5.75 Å². The van der Waals surface area contributed by atoms with E-state index in [0.717, 1.165) is 41.0 Å².